The quantitative estimate of drug-likeness (QED) is 0.663. The Morgan fingerprint density at radius 2 is 1.84 bits per heavy atom. The first-order valence-corrected chi connectivity index (χ1v) is 12.3. The molecule has 2 aromatic carbocycles. The zero-order valence-electron chi connectivity index (χ0n) is 17.8. The number of fused-ring (bicyclic) bond motifs is 3. The zero-order valence-corrected chi connectivity index (χ0v) is 18.6. The number of nitrogens with zero attached hydrogens (tertiary/aromatic N) is 3. The van der Waals surface area contributed by atoms with Gasteiger partial charge in [0, 0.05) is 43.8 Å². The summed E-state index contributed by atoms with van der Waals surface area (Å²) in [6, 6.07) is 15.2. The largest absolute Gasteiger partial charge is 0.353 e. The van der Waals surface area contributed by atoms with Gasteiger partial charge in [-0.3, -0.25) is 9.69 Å². The molecule has 0 bridgehead atoms. The fourth-order valence-corrected chi connectivity index (χ4v) is 6.46. The zero-order chi connectivity index (χ0) is 20.8. The second-order valence-corrected chi connectivity index (χ2v) is 10.0. The summed E-state index contributed by atoms with van der Waals surface area (Å²) < 4.78 is 6.00. The standard InChI is InChI=1S/C25H28N4OS/c30-24-25(10-3-4-11-25)20-17-18(7-8-21(20)26-24)9-12-28-13-15-29(16-14-28)23-19-5-1-2-6-22(19)31-27-23/h1-2,5-8,17H,3-4,9-16H2,(H,26,30). The molecule has 2 fully saturated rings. The van der Waals surface area contributed by atoms with Crippen molar-refractivity contribution in [2.75, 3.05) is 42.9 Å². The molecule has 3 aromatic rings. The maximum absolute atomic E-state index is 12.7. The first-order chi connectivity index (χ1) is 15.2. The SMILES string of the molecule is O=C1Nc2ccc(CCN3CCN(c4nsc5ccccc45)CC3)cc2C12CCCC2. The average Bonchev–Trinajstić information content (AvgIpc) is 3.52. The van der Waals surface area contributed by atoms with Crippen molar-refractivity contribution in [3.8, 4) is 0 Å². The van der Waals surface area contributed by atoms with E-state index in [2.05, 4.69) is 57.6 Å². The number of hydrogen-bond donors (Lipinski definition) is 1. The monoisotopic (exact) mass is 432 g/mol. The van der Waals surface area contributed by atoms with E-state index in [1.165, 1.54) is 21.2 Å². The number of piperazine rings is 1. The smallest absolute Gasteiger partial charge is 0.235 e. The third-order valence-corrected chi connectivity index (χ3v) is 8.30. The average molecular weight is 433 g/mol. The highest BCUT2D eigenvalue weighted by Gasteiger charge is 2.48. The van der Waals surface area contributed by atoms with E-state index in [-0.39, 0.29) is 11.3 Å². The highest BCUT2D eigenvalue weighted by molar-refractivity contribution is 7.13. The number of hydrogen-bond acceptors (Lipinski definition) is 5. The summed E-state index contributed by atoms with van der Waals surface area (Å²) in [4.78, 5) is 17.7. The van der Waals surface area contributed by atoms with Gasteiger partial charge in [0.1, 0.15) is 5.82 Å². The summed E-state index contributed by atoms with van der Waals surface area (Å²) in [5, 5.41) is 4.41. The van der Waals surface area contributed by atoms with Crippen molar-refractivity contribution in [3.63, 3.8) is 0 Å². The van der Waals surface area contributed by atoms with E-state index in [4.69, 9.17) is 4.37 Å². The van der Waals surface area contributed by atoms with Crippen LogP contribution < -0.4 is 10.2 Å². The number of anilines is 2. The summed E-state index contributed by atoms with van der Waals surface area (Å²) in [7, 11) is 0. The molecule has 0 atom stereocenters. The number of aromatic nitrogens is 1. The number of carbonyl (C=O) groups excluding carboxylic acids is 1. The van der Waals surface area contributed by atoms with Crippen LogP contribution in [0.25, 0.3) is 10.1 Å². The Morgan fingerprint density at radius 1 is 1.03 bits per heavy atom. The summed E-state index contributed by atoms with van der Waals surface area (Å²) in [6.45, 7) is 5.26. The topological polar surface area (TPSA) is 48.5 Å². The van der Waals surface area contributed by atoms with Gasteiger partial charge in [0.2, 0.25) is 5.91 Å². The highest BCUT2D eigenvalue weighted by atomic mass is 32.1. The Morgan fingerprint density at radius 3 is 2.68 bits per heavy atom. The molecule has 6 rings (SSSR count). The van der Waals surface area contributed by atoms with Gasteiger partial charge in [-0.2, -0.15) is 4.37 Å². The molecule has 3 aliphatic rings. The second-order valence-electron chi connectivity index (χ2n) is 9.20. The predicted octanol–water partition coefficient (Wildman–Crippen LogP) is 4.42. The van der Waals surface area contributed by atoms with Crippen LogP contribution in [0.1, 0.15) is 36.8 Å². The van der Waals surface area contributed by atoms with Gasteiger partial charge in [-0.15, -0.1) is 0 Å². The molecule has 1 saturated heterocycles. The van der Waals surface area contributed by atoms with Crippen LogP contribution in [0, 0.1) is 0 Å². The number of rotatable bonds is 4. The molecule has 2 aliphatic heterocycles. The Hall–Kier alpha value is -2.44. The molecule has 1 N–H and O–H groups in total. The summed E-state index contributed by atoms with van der Waals surface area (Å²) in [6.07, 6.45) is 5.37. The molecule has 1 aliphatic carbocycles. The molecular formula is C25H28N4OS. The van der Waals surface area contributed by atoms with E-state index < -0.39 is 0 Å². The van der Waals surface area contributed by atoms with Crippen LogP contribution in [-0.4, -0.2) is 47.9 Å². The summed E-state index contributed by atoms with van der Waals surface area (Å²) >= 11 is 1.60. The van der Waals surface area contributed by atoms with Crippen LogP contribution in [0.2, 0.25) is 0 Å². The van der Waals surface area contributed by atoms with Crippen molar-refractivity contribution in [3.05, 3.63) is 53.6 Å². The van der Waals surface area contributed by atoms with Gasteiger partial charge in [0.05, 0.1) is 10.1 Å². The number of amides is 1. The predicted molar refractivity (Wildman–Crippen MR) is 127 cm³/mol. The molecule has 1 aromatic heterocycles. The van der Waals surface area contributed by atoms with Gasteiger partial charge >= 0.3 is 0 Å². The van der Waals surface area contributed by atoms with E-state index in [0.29, 0.717) is 0 Å². The molecule has 1 saturated carbocycles. The van der Waals surface area contributed by atoms with E-state index >= 15 is 0 Å². The van der Waals surface area contributed by atoms with Gasteiger partial charge in [-0.05, 0) is 60.1 Å². The van der Waals surface area contributed by atoms with E-state index in [1.54, 1.807) is 11.5 Å². The Labute approximate surface area is 187 Å². The van der Waals surface area contributed by atoms with Crippen LogP contribution in [-0.2, 0) is 16.6 Å². The molecule has 5 nitrogen and oxygen atoms in total. The van der Waals surface area contributed by atoms with Crippen molar-refractivity contribution < 1.29 is 4.79 Å². The van der Waals surface area contributed by atoms with Gasteiger partial charge in [0.25, 0.3) is 0 Å². The fraction of sp³-hybridized carbons (Fsp3) is 0.440. The van der Waals surface area contributed by atoms with Crippen molar-refractivity contribution in [1.82, 2.24) is 9.27 Å². The second kappa shape index (κ2) is 7.61. The molecule has 1 amide bonds. The Kier molecular flexibility index (Phi) is 4.73. The molecule has 0 radical (unpaired) electrons. The van der Waals surface area contributed by atoms with Crippen LogP contribution >= 0.6 is 11.5 Å². The van der Waals surface area contributed by atoms with E-state index in [1.807, 2.05) is 0 Å². The van der Waals surface area contributed by atoms with Crippen molar-refractivity contribution in [2.45, 2.75) is 37.5 Å². The van der Waals surface area contributed by atoms with Crippen LogP contribution in [0.15, 0.2) is 42.5 Å². The molecule has 6 heteroatoms. The lowest BCUT2D eigenvalue weighted by Crippen LogP contribution is -2.47. The lowest BCUT2D eigenvalue weighted by molar-refractivity contribution is -0.120. The summed E-state index contributed by atoms with van der Waals surface area (Å²) in [5.74, 6) is 1.38. The minimum atomic E-state index is -0.243. The lowest BCUT2D eigenvalue weighted by Gasteiger charge is -2.35. The number of benzene rings is 2. The van der Waals surface area contributed by atoms with Gasteiger partial charge in [-0.25, -0.2) is 0 Å². The third kappa shape index (κ3) is 3.24. The molecule has 31 heavy (non-hydrogen) atoms. The normalized spacial score (nSPS) is 20.5. The van der Waals surface area contributed by atoms with E-state index in [9.17, 15) is 4.79 Å². The Bertz CT molecular complexity index is 1130. The maximum atomic E-state index is 12.7. The van der Waals surface area contributed by atoms with Gasteiger partial charge in [0.15, 0.2) is 0 Å². The first kappa shape index (κ1) is 19.3. The van der Waals surface area contributed by atoms with Crippen molar-refractivity contribution >= 4 is 39.0 Å². The minimum Gasteiger partial charge on any atom is -0.353 e. The molecular weight excluding hydrogens is 404 g/mol. The van der Waals surface area contributed by atoms with Crippen molar-refractivity contribution in [2.24, 2.45) is 0 Å². The maximum Gasteiger partial charge on any atom is 0.235 e. The molecule has 160 valence electrons. The van der Waals surface area contributed by atoms with Crippen LogP contribution in [0.3, 0.4) is 0 Å². The molecule has 3 heterocycles. The van der Waals surface area contributed by atoms with E-state index in [0.717, 1.165) is 76.3 Å². The van der Waals surface area contributed by atoms with Gasteiger partial charge in [-0.1, -0.05) is 37.1 Å². The summed E-state index contributed by atoms with van der Waals surface area (Å²) in [5.41, 5.74) is 3.41. The third-order valence-electron chi connectivity index (χ3n) is 7.49. The lowest BCUT2D eigenvalue weighted by atomic mass is 9.79. The highest BCUT2D eigenvalue weighted by Crippen LogP contribution is 2.49. The minimum absolute atomic E-state index is 0.225. The number of carbonyl (C=O) groups is 1. The first-order valence-electron chi connectivity index (χ1n) is 11.5. The van der Waals surface area contributed by atoms with Crippen LogP contribution in [0.5, 0.6) is 0 Å². The molecule has 0 unspecified atom stereocenters. The van der Waals surface area contributed by atoms with Crippen molar-refractivity contribution in [1.29, 1.82) is 0 Å². The Balaban J connectivity index is 1.10. The molecule has 1 spiro atoms. The number of nitrogens with one attached hydrogen (secondary N) is 1. The fourth-order valence-electron chi connectivity index (χ4n) is 5.66. The van der Waals surface area contributed by atoms with Crippen LogP contribution in [0.4, 0.5) is 11.5 Å². The van der Waals surface area contributed by atoms with Gasteiger partial charge < -0.3 is 10.2 Å².